The van der Waals surface area contributed by atoms with E-state index in [-0.39, 0.29) is 24.8 Å². The van der Waals surface area contributed by atoms with Crippen LogP contribution in [0.2, 0.25) is 0 Å². The van der Waals surface area contributed by atoms with Crippen LogP contribution >= 0.6 is 0 Å². The van der Waals surface area contributed by atoms with Gasteiger partial charge >= 0.3 is 5.97 Å². The van der Waals surface area contributed by atoms with Crippen molar-refractivity contribution in [1.82, 2.24) is 4.90 Å². The molecule has 0 heterocycles. The number of halogens is 2. The van der Waals surface area contributed by atoms with Crippen LogP contribution < -0.4 is 0 Å². The molecule has 0 spiro atoms. The van der Waals surface area contributed by atoms with E-state index in [1.54, 1.807) is 20.8 Å². The van der Waals surface area contributed by atoms with Crippen molar-refractivity contribution in [3.63, 3.8) is 0 Å². The summed E-state index contributed by atoms with van der Waals surface area (Å²) in [6, 6.07) is 2.37. The lowest BCUT2D eigenvalue weighted by atomic mass is 10.1. The lowest BCUT2D eigenvalue weighted by Crippen LogP contribution is -2.41. The maximum absolute atomic E-state index is 13.6. The minimum Gasteiger partial charge on any atom is -0.465 e. The molecule has 0 N–H and O–H groups in total. The molecule has 1 rings (SSSR count). The molecule has 0 atom stereocenters. The predicted octanol–water partition coefficient (Wildman–Crippen LogP) is 2.38. The van der Waals surface area contributed by atoms with E-state index in [9.17, 15) is 18.4 Å². The normalized spacial score (nSPS) is 10.5. The van der Waals surface area contributed by atoms with E-state index in [0.717, 1.165) is 12.1 Å². The number of carbonyl (C=O) groups is 2. The summed E-state index contributed by atoms with van der Waals surface area (Å²) in [4.78, 5) is 24.9. The summed E-state index contributed by atoms with van der Waals surface area (Å²) in [6.45, 7) is 4.96. The average molecular weight is 285 g/mol. The number of carbonyl (C=O) groups excluding carboxylic acids is 2. The molecule has 0 unspecified atom stereocenters. The molecule has 0 aromatic heterocycles. The van der Waals surface area contributed by atoms with E-state index >= 15 is 0 Å². The van der Waals surface area contributed by atoms with E-state index < -0.39 is 23.5 Å². The van der Waals surface area contributed by atoms with Gasteiger partial charge in [-0.3, -0.25) is 9.59 Å². The zero-order valence-corrected chi connectivity index (χ0v) is 11.7. The van der Waals surface area contributed by atoms with Crippen LogP contribution in [0, 0.1) is 11.6 Å². The molecule has 20 heavy (non-hydrogen) atoms. The number of hydrogen-bond acceptors (Lipinski definition) is 3. The number of benzene rings is 1. The molecule has 0 saturated carbocycles. The molecular weight excluding hydrogens is 268 g/mol. The van der Waals surface area contributed by atoms with Crippen molar-refractivity contribution in [3.8, 4) is 0 Å². The first-order valence-electron chi connectivity index (χ1n) is 6.28. The highest BCUT2D eigenvalue weighted by Gasteiger charge is 2.24. The van der Waals surface area contributed by atoms with Crippen LogP contribution in [0.4, 0.5) is 8.78 Å². The van der Waals surface area contributed by atoms with Crippen LogP contribution in [0.15, 0.2) is 18.2 Å². The number of hydrogen-bond donors (Lipinski definition) is 0. The summed E-state index contributed by atoms with van der Waals surface area (Å²) in [6.07, 6.45) is 0. The van der Waals surface area contributed by atoms with Crippen molar-refractivity contribution >= 4 is 11.9 Å². The summed E-state index contributed by atoms with van der Waals surface area (Å²) in [5, 5.41) is 0. The van der Waals surface area contributed by atoms with E-state index in [1.165, 1.54) is 4.90 Å². The lowest BCUT2D eigenvalue weighted by Gasteiger charge is -2.25. The van der Waals surface area contributed by atoms with Gasteiger partial charge in [0.15, 0.2) is 0 Å². The summed E-state index contributed by atoms with van der Waals surface area (Å²) < 4.78 is 31.2. The SMILES string of the molecule is CCOC(=O)CN(C(=O)c1ccc(F)cc1F)C(C)C. The Hall–Kier alpha value is -1.98. The molecule has 0 aliphatic carbocycles. The molecule has 6 heteroatoms. The third-order valence-corrected chi connectivity index (χ3v) is 2.65. The van der Waals surface area contributed by atoms with Gasteiger partial charge in [0.05, 0.1) is 12.2 Å². The van der Waals surface area contributed by atoms with E-state index in [2.05, 4.69) is 0 Å². The van der Waals surface area contributed by atoms with Crippen LogP contribution in [0.3, 0.4) is 0 Å². The fraction of sp³-hybridized carbons (Fsp3) is 0.429. The first-order valence-corrected chi connectivity index (χ1v) is 6.28. The van der Waals surface area contributed by atoms with Gasteiger partial charge in [0.2, 0.25) is 0 Å². The number of rotatable bonds is 5. The molecule has 0 aliphatic rings. The number of esters is 1. The second-order valence-corrected chi connectivity index (χ2v) is 4.46. The number of amides is 1. The van der Waals surface area contributed by atoms with Crippen LogP contribution in [0.25, 0.3) is 0 Å². The van der Waals surface area contributed by atoms with Gasteiger partial charge in [0.25, 0.3) is 5.91 Å². The van der Waals surface area contributed by atoms with Gasteiger partial charge in [-0.15, -0.1) is 0 Å². The molecule has 110 valence electrons. The third-order valence-electron chi connectivity index (χ3n) is 2.65. The highest BCUT2D eigenvalue weighted by Crippen LogP contribution is 2.14. The van der Waals surface area contributed by atoms with Crippen molar-refractivity contribution in [3.05, 3.63) is 35.4 Å². The highest BCUT2D eigenvalue weighted by atomic mass is 19.1. The van der Waals surface area contributed by atoms with Gasteiger partial charge in [-0.05, 0) is 32.9 Å². The third kappa shape index (κ3) is 4.01. The first-order chi connectivity index (χ1) is 9.36. The summed E-state index contributed by atoms with van der Waals surface area (Å²) in [7, 11) is 0. The topological polar surface area (TPSA) is 46.6 Å². The Balaban J connectivity index is 2.96. The van der Waals surface area contributed by atoms with Gasteiger partial charge < -0.3 is 9.64 Å². The molecule has 1 aromatic carbocycles. The zero-order valence-electron chi connectivity index (χ0n) is 11.7. The Bertz CT molecular complexity index is 503. The fourth-order valence-electron chi connectivity index (χ4n) is 1.65. The van der Waals surface area contributed by atoms with Crippen LogP contribution in [0.1, 0.15) is 31.1 Å². The van der Waals surface area contributed by atoms with Crippen molar-refractivity contribution in [1.29, 1.82) is 0 Å². The molecule has 0 fully saturated rings. The number of ether oxygens (including phenoxy) is 1. The first kappa shape index (κ1) is 16.1. The Labute approximate surface area is 116 Å². The molecular formula is C14H17F2NO3. The molecule has 1 aromatic rings. The minimum absolute atomic E-state index is 0.198. The highest BCUT2D eigenvalue weighted by molar-refractivity contribution is 5.96. The molecule has 1 amide bonds. The standard InChI is InChI=1S/C14H17F2NO3/c1-4-20-13(18)8-17(9(2)3)14(19)11-6-5-10(15)7-12(11)16/h5-7,9H,4,8H2,1-3H3. The Kier molecular flexibility index (Phi) is 5.61. The monoisotopic (exact) mass is 285 g/mol. The quantitative estimate of drug-likeness (QED) is 0.780. The zero-order chi connectivity index (χ0) is 15.3. The second kappa shape index (κ2) is 6.98. The summed E-state index contributed by atoms with van der Waals surface area (Å²) >= 11 is 0. The van der Waals surface area contributed by atoms with Crippen LogP contribution in [-0.4, -0.2) is 36.0 Å². The van der Waals surface area contributed by atoms with Crippen molar-refractivity contribution in [2.75, 3.05) is 13.2 Å². The van der Waals surface area contributed by atoms with E-state index in [1.807, 2.05) is 0 Å². The molecule has 0 aliphatic heterocycles. The van der Waals surface area contributed by atoms with Gasteiger partial charge in [0, 0.05) is 12.1 Å². The second-order valence-electron chi connectivity index (χ2n) is 4.46. The van der Waals surface area contributed by atoms with E-state index in [0.29, 0.717) is 6.07 Å². The Morgan fingerprint density at radius 1 is 1.30 bits per heavy atom. The Morgan fingerprint density at radius 2 is 1.95 bits per heavy atom. The molecule has 4 nitrogen and oxygen atoms in total. The predicted molar refractivity (Wildman–Crippen MR) is 69.2 cm³/mol. The molecule has 0 saturated heterocycles. The van der Waals surface area contributed by atoms with Gasteiger partial charge in [-0.25, -0.2) is 8.78 Å². The van der Waals surface area contributed by atoms with Crippen LogP contribution in [-0.2, 0) is 9.53 Å². The van der Waals surface area contributed by atoms with Gasteiger partial charge in [0.1, 0.15) is 18.2 Å². The molecule has 0 radical (unpaired) electrons. The summed E-state index contributed by atoms with van der Waals surface area (Å²) in [5.41, 5.74) is -0.274. The summed E-state index contributed by atoms with van der Waals surface area (Å²) in [5.74, 6) is -2.97. The maximum atomic E-state index is 13.6. The average Bonchev–Trinajstić information content (AvgIpc) is 2.35. The van der Waals surface area contributed by atoms with Crippen LogP contribution in [0.5, 0.6) is 0 Å². The Morgan fingerprint density at radius 3 is 2.45 bits per heavy atom. The van der Waals surface area contributed by atoms with Crippen molar-refractivity contribution in [2.45, 2.75) is 26.8 Å². The maximum Gasteiger partial charge on any atom is 0.325 e. The van der Waals surface area contributed by atoms with Crippen molar-refractivity contribution < 1.29 is 23.1 Å². The number of nitrogens with zero attached hydrogens (tertiary/aromatic N) is 1. The lowest BCUT2D eigenvalue weighted by molar-refractivity contribution is -0.144. The van der Waals surface area contributed by atoms with E-state index in [4.69, 9.17) is 4.74 Å². The fourth-order valence-corrected chi connectivity index (χ4v) is 1.65. The minimum atomic E-state index is -0.954. The van der Waals surface area contributed by atoms with Gasteiger partial charge in [-0.1, -0.05) is 0 Å². The van der Waals surface area contributed by atoms with Crippen molar-refractivity contribution in [2.24, 2.45) is 0 Å². The van der Waals surface area contributed by atoms with Gasteiger partial charge in [-0.2, -0.15) is 0 Å². The smallest absolute Gasteiger partial charge is 0.325 e. The largest absolute Gasteiger partial charge is 0.465 e. The molecule has 0 bridgehead atoms.